The Labute approximate surface area is 121 Å². The van der Waals surface area contributed by atoms with Gasteiger partial charge in [-0.2, -0.15) is 0 Å². The Balaban J connectivity index is 3.06. The Morgan fingerprint density at radius 3 is 2.21 bits per heavy atom. The summed E-state index contributed by atoms with van der Waals surface area (Å²) in [5.41, 5.74) is 6.82. The highest BCUT2D eigenvalue weighted by Gasteiger charge is 2.46. The van der Waals surface area contributed by atoms with Gasteiger partial charge in [-0.3, -0.25) is 4.90 Å². The van der Waals surface area contributed by atoms with Crippen LogP contribution in [0.1, 0.15) is 67.2 Å². The van der Waals surface area contributed by atoms with Gasteiger partial charge in [-0.15, -0.1) is 0 Å². The summed E-state index contributed by atoms with van der Waals surface area (Å²) in [6.07, 6.45) is 5.32. The van der Waals surface area contributed by atoms with E-state index in [0.29, 0.717) is 11.5 Å². The van der Waals surface area contributed by atoms with Gasteiger partial charge in [0.1, 0.15) is 0 Å². The standard InChI is InChI=1S/C17H36N2/c1-13(2)15-10-8-9-11-17(15,12-18)19(7)14(3)16(4,5)6/h13-15H,8-12,18H2,1-7H3. The van der Waals surface area contributed by atoms with E-state index in [0.717, 1.165) is 18.4 Å². The largest absolute Gasteiger partial charge is 0.329 e. The molecule has 0 aromatic heterocycles. The van der Waals surface area contributed by atoms with Crippen molar-refractivity contribution in [3.8, 4) is 0 Å². The molecule has 1 saturated carbocycles. The quantitative estimate of drug-likeness (QED) is 0.838. The van der Waals surface area contributed by atoms with Gasteiger partial charge in [0.05, 0.1) is 0 Å². The number of nitrogens with zero attached hydrogens (tertiary/aromatic N) is 1. The molecule has 19 heavy (non-hydrogen) atoms. The zero-order valence-electron chi connectivity index (χ0n) is 14.3. The lowest BCUT2D eigenvalue weighted by atomic mass is 9.66. The van der Waals surface area contributed by atoms with Gasteiger partial charge in [-0.1, -0.05) is 47.5 Å². The Morgan fingerprint density at radius 1 is 1.21 bits per heavy atom. The summed E-state index contributed by atoms with van der Waals surface area (Å²) < 4.78 is 0. The lowest BCUT2D eigenvalue weighted by molar-refractivity contribution is -0.0448. The summed E-state index contributed by atoms with van der Waals surface area (Å²) in [4.78, 5) is 2.62. The molecule has 2 N–H and O–H groups in total. The van der Waals surface area contributed by atoms with Crippen LogP contribution >= 0.6 is 0 Å². The number of likely N-dealkylation sites (N-methyl/N-ethyl adjacent to an activating group) is 1. The van der Waals surface area contributed by atoms with Crippen LogP contribution in [0.15, 0.2) is 0 Å². The first kappa shape index (κ1) is 17.0. The molecule has 0 saturated heterocycles. The Kier molecular flexibility index (Phi) is 5.48. The van der Waals surface area contributed by atoms with Crippen molar-refractivity contribution in [2.45, 2.75) is 78.8 Å². The van der Waals surface area contributed by atoms with E-state index in [1.807, 2.05) is 0 Å². The fourth-order valence-electron chi connectivity index (χ4n) is 4.01. The molecule has 1 fully saturated rings. The third-order valence-corrected chi connectivity index (χ3v) is 5.76. The van der Waals surface area contributed by atoms with E-state index in [1.165, 1.54) is 25.7 Å². The molecule has 1 rings (SSSR count). The van der Waals surface area contributed by atoms with Crippen molar-refractivity contribution < 1.29 is 0 Å². The zero-order chi connectivity index (χ0) is 14.8. The highest BCUT2D eigenvalue weighted by molar-refractivity contribution is 5.02. The summed E-state index contributed by atoms with van der Waals surface area (Å²) in [5, 5.41) is 0. The number of hydrogen-bond acceptors (Lipinski definition) is 2. The topological polar surface area (TPSA) is 29.3 Å². The first-order valence-electron chi connectivity index (χ1n) is 8.10. The minimum Gasteiger partial charge on any atom is -0.329 e. The van der Waals surface area contributed by atoms with Crippen LogP contribution in [0.25, 0.3) is 0 Å². The first-order chi connectivity index (χ1) is 8.66. The maximum atomic E-state index is 6.31. The van der Waals surface area contributed by atoms with Crippen LogP contribution in [0.2, 0.25) is 0 Å². The van der Waals surface area contributed by atoms with Crippen LogP contribution in [0.5, 0.6) is 0 Å². The molecule has 0 spiro atoms. The Morgan fingerprint density at radius 2 is 1.79 bits per heavy atom. The average molecular weight is 268 g/mol. The molecule has 114 valence electrons. The summed E-state index contributed by atoms with van der Waals surface area (Å²) >= 11 is 0. The fraction of sp³-hybridized carbons (Fsp3) is 1.00. The van der Waals surface area contributed by atoms with Crippen molar-refractivity contribution in [1.82, 2.24) is 4.90 Å². The maximum Gasteiger partial charge on any atom is 0.0362 e. The second-order valence-corrected chi connectivity index (χ2v) is 8.06. The molecular weight excluding hydrogens is 232 g/mol. The third-order valence-electron chi connectivity index (χ3n) is 5.76. The van der Waals surface area contributed by atoms with Crippen LogP contribution in [0, 0.1) is 17.3 Å². The van der Waals surface area contributed by atoms with E-state index in [-0.39, 0.29) is 5.54 Å². The Hall–Kier alpha value is -0.0800. The molecule has 0 bridgehead atoms. The monoisotopic (exact) mass is 268 g/mol. The van der Waals surface area contributed by atoms with E-state index in [2.05, 4.69) is 53.5 Å². The molecule has 0 heterocycles. The third kappa shape index (κ3) is 3.33. The van der Waals surface area contributed by atoms with Gasteiger partial charge in [0, 0.05) is 18.1 Å². The lowest BCUT2D eigenvalue weighted by Gasteiger charge is -2.55. The minimum absolute atomic E-state index is 0.207. The van der Waals surface area contributed by atoms with Crippen molar-refractivity contribution in [3.63, 3.8) is 0 Å². The number of nitrogens with two attached hydrogens (primary N) is 1. The highest BCUT2D eigenvalue weighted by atomic mass is 15.2. The number of hydrogen-bond donors (Lipinski definition) is 1. The van der Waals surface area contributed by atoms with Crippen molar-refractivity contribution >= 4 is 0 Å². The summed E-state index contributed by atoms with van der Waals surface area (Å²) in [6.45, 7) is 14.9. The number of rotatable bonds is 4. The Bertz CT molecular complexity index is 279. The summed E-state index contributed by atoms with van der Waals surface area (Å²) in [6, 6.07) is 0.551. The van der Waals surface area contributed by atoms with E-state index in [4.69, 9.17) is 5.73 Å². The summed E-state index contributed by atoms with van der Waals surface area (Å²) in [5.74, 6) is 1.46. The van der Waals surface area contributed by atoms with Crippen LogP contribution in [-0.2, 0) is 0 Å². The van der Waals surface area contributed by atoms with Crippen molar-refractivity contribution in [2.75, 3.05) is 13.6 Å². The average Bonchev–Trinajstić information content (AvgIpc) is 2.35. The van der Waals surface area contributed by atoms with Crippen LogP contribution < -0.4 is 5.73 Å². The van der Waals surface area contributed by atoms with Crippen LogP contribution in [0.3, 0.4) is 0 Å². The van der Waals surface area contributed by atoms with Crippen LogP contribution in [-0.4, -0.2) is 30.1 Å². The van der Waals surface area contributed by atoms with Crippen molar-refractivity contribution in [3.05, 3.63) is 0 Å². The van der Waals surface area contributed by atoms with Gasteiger partial charge < -0.3 is 5.73 Å². The SMILES string of the molecule is CC(C)C1CCCCC1(CN)N(C)C(C)C(C)(C)C. The second kappa shape index (κ2) is 6.13. The second-order valence-electron chi connectivity index (χ2n) is 8.06. The van der Waals surface area contributed by atoms with Gasteiger partial charge in [-0.25, -0.2) is 0 Å². The van der Waals surface area contributed by atoms with Gasteiger partial charge in [-0.05, 0) is 44.1 Å². The van der Waals surface area contributed by atoms with E-state index in [1.54, 1.807) is 0 Å². The molecule has 0 amide bonds. The molecule has 0 radical (unpaired) electrons. The van der Waals surface area contributed by atoms with Crippen LogP contribution in [0.4, 0.5) is 0 Å². The van der Waals surface area contributed by atoms with E-state index >= 15 is 0 Å². The van der Waals surface area contributed by atoms with E-state index < -0.39 is 0 Å². The van der Waals surface area contributed by atoms with Gasteiger partial charge >= 0.3 is 0 Å². The van der Waals surface area contributed by atoms with E-state index in [9.17, 15) is 0 Å². The maximum absolute atomic E-state index is 6.31. The molecule has 1 aliphatic rings. The molecule has 1 aliphatic carbocycles. The van der Waals surface area contributed by atoms with Crippen molar-refractivity contribution in [2.24, 2.45) is 23.0 Å². The van der Waals surface area contributed by atoms with Gasteiger partial charge in [0.15, 0.2) is 0 Å². The molecule has 3 unspecified atom stereocenters. The van der Waals surface area contributed by atoms with Gasteiger partial charge in [0.2, 0.25) is 0 Å². The first-order valence-corrected chi connectivity index (χ1v) is 8.10. The molecule has 0 aromatic rings. The normalized spacial score (nSPS) is 30.9. The molecule has 0 aromatic carbocycles. The fourth-order valence-corrected chi connectivity index (χ4v) is 4.01. The van der Waals surface area contributed by atoms with Gasteiger partial charge in [0.25, 0.3) is 0 Å². The smallest absolute Gasteiger partial charge is 0.0362 e. The highest BCUT2D eigenvalue weighted by Crippen LogP contribution is 2.43. The molecular formula is C17H36N2. The predicted molar refractivity (Wildman–Crippen MR) is 85.3 cm³/mol. The lowest BCUT2D eigenvalue weighted by Crippen LogP contribution is -2.63. The summed E-state index contributed by atoms with van der Waals surface area (Å²) in [7, 11) is 2.31. The minimum atomic E-state index is 0.207. The predicted octanol–water partition coefficient (Wildman–Crippen LogP) is 3.90. The molecule has 3 atom stereocenters. The molecule has 0 aliphatic heterocycles. The molecule has 2 nitrogen and oxygen atoms in total. The molecule has 2 heteroatoms. The zero-order valence-corrected chi connectivity index (χ0v) is 14.3. The van der Waals surface area contributed by atoms with Crippen molar-refractivity contribution in [1.29, 1.82) is 0 Å².